The van der Waals surface area contributed by atoms with Crippen molar-refractivity contribution in [1.29, 1.82) is 0 Å². The minimum absolute atomic E-state index is 0.00779. The highest BCUT2D eigenvalue weighted by Crippen LogP contribution is 2.16. The summed E-state index contributed by atoms with van der Waals surface area (Å²) in [4.78, 5) is 16.0. The van der Waals surface area contributed by atoms with Crippen LogP contribution >= 0.6 is 22.6 Å². The average Bonchev–Trinajstić information content (AvgIpc) is 2.33. The van der Waals surface area contributed by atoms with Crippen LogP contribution in [0.1, 0.15) is 12.8 Å². The van der Waals surface area contributed by atoms with Gasteiger partial charge in [0.15, 0.2) is 0 Å². The van der Waals surface area contributed by atoms with Crippen LogP contribution < -0.4 is 5.32 Å². The van der Waals surface area contributed by atoms with Gasteiger partial charge in [0.25, 0.3) is 0 Å². The maximum Gasteiger partial charge on any atom is 0.230 e. The van der Waals surface area contributed by atoms with Gasteiger partial charge >= 0.3 is 0 Å². The van der Waals surface area contributed by atoms with E-state index in [1.54, 1.807) is 6.20 Å². The Bertz CT molecular complexity index is 361. The van der Waals surface area contributed by atoms with E-state index in [1.165, 1.54) is 0 Å². The zero-order valence-corrected chi connectivity index (χ0v) is 10.9. The summed E-state index contributed by atoms with van der Waals surface area (Å²) in [7, 11) is 0. The summed E-state index contributed by atoms with van der Waals surface area (Å²) in [5.74, 6) is 0.583. The Morgan fingerprint density at radius 3 is 3.06 bits per heavy atom. The largest absolute Gasteiger partial charge is 0.381 e. The Morgan fingerprint density at radius 1 is 1.56 bits per heavy atom. The topological polar surface area (TPSA) is 51.2 Å². The maximum atomic E-state index is 11.8. The first-order valence-electron chi connectivity index (χ1n) is 5.26. The molecule has 1 amide bonds. The van der Waals surface area contributed by atoms with Gasteiger partial charge in [-0.25, -0.2) is 4.98 Å². The standard InChI is InChI=1S/C11H13IN2O2/c12-9-3-4-10(13-6-9)14-11(15)8-2-1-5-16-7-8/h3-4,6,8H,1-2,5,7H2,(H,13,14,15). The number of nitrogens with zero attached hydrogens (tertiary/aromatic N) is 1. The van der Waals surface area contributed by atoms with E-state index in [-0.39, 0.29) is 11.8 Å². The second-order valence-electron chi connectivity index (χ2n) is 3.76. The molecule has 1 aliphatic rings. The fraction of sp³-hybridized carbons (Fsp3) is 0.455. The molecule has 1 unspecified atom stereocenters. The lowest BCUT2D eigenvalue weighted by atomic mass is 10.0. The fourth-order valence-electron chi connectivity index (χ4n) is 1.63. The van der Waals surface area contributed by atoms with Crippen molar-refractivity contribution >= 4 is 34.3 Å². The molecule has 2 heterocycles. The van der Waals surface area contributed by atoms with E-state index in [1.807, 2.05) is 12.1 Å². The number of anilines is 1. The molecule has 0 aliphatic carbocycles. The number of aromatic nitrogens is 1. The van der Waals surface area contributed by atoms with Crippen LogP contribution in [0.25, 0.3) is 0 Å². The summed E-state index contributed by atoms with van der Waals surface area (Å²) in [5.41, 5.74) is 0. The highest BCUT2D eigenvalue weighted by atomic mass is 127. The Morgan fingerprint density at radius 2 is 2.44 bits per heavy atom. The minimum Gasteiger partial charge on any atom is -0.381 e. The summed E-state index contributed by atoms with van der Waals surface area (Å²) < 4.78 is 6.33. The average molecular weight is 332 g/mol. The lowest BCUT2D eigenvalue weighted by molar-refractivity contribution is -0.123. The number of hydrogen-bond donors (Lipinski definition) is 1. The van der Waals surface area contributed by atoms with Gasteiger partial charge in [-0.2, -0.15) is 0 Å². The predicted molar refractivity (Wildman–Crippen MR) is 69.1 cm³/mol. The summed E-state index contributed by atoms with van der Waals surface area (Å²) >= 11 is 2.18. The molecule has 2 rings (SSSR count). The third kappa shape index (κ3) is 3.15. The first kappa shape index (κ1) is 11.8. The molecular formula is C11H13IN2O2. The molecule has 1 fully saturated rings. The van der Waals surface area contributed by atoms with Crippen LogP contribution in [0.5, 0.6) is 0 Å². The monoisotopic (exact) mass is 332 g/mol. The molecular weight excluding hydrogens is 319 g/mol. The Balaban J connectivity index is 1.93. The second kappa shape index (κ2) is 5.58. The normalized spacial score (nSPS) is 20.4. The molecule has 0 saturated carbocycles. The number of halogens is 1. The molecule has 1 aliphatic heterocycles. The van der Waals surface area contributed by atoms with Crippen molar-refractivity contribution in [3.63, 3.8) is 0 Å². The van der Waals surface area contributed by atoms with E-state index in [9.17, 15) is 4.79 Å². The lowest BCUT2D eigenvalue weighted by Gasteiger charge is -2.20. The molecule has 1 saturated heterocycles. The molecule has 0 radical (unpaired) electrons. The van der Waals surface area contributed by atoms with Crippen molar-refractivity contribution in [3.05, 3.63) is 21.9 Å². The van der Waals surface area contributed by atoms with E-state index in [0.29, 0.717) is 12.4 Å². The van der Waals surface area contributed by atoms with Crippen LogP contribution in [-0.4, -0.2) is 24.1 Å². The number of carbonyl (C=O) groups is 1. The highest BCUT2D eigenvalue weighted by molar-refractivity contribution is 14.1. The molecule has 0 aromatic carbocycles. The Labute approximate surface area is 108 Å². The Kier molecular flexibility index (Phi) is 4.11. The van der Waals surface area contributed by atoms with Crippen molar-refractivity contribution in [2.24, 2.45) is 5.92 Å². The molecule has 1 N–H and O–H groups in total. The van der Waals surface area contributed by atoms with E-state index < -0.39 is 0 Å². The molecule has 1 aromatic rings. The third-order valence-electron chi connectivity index (χ3n) is 2.51. The third-order valence-corrected chi connectivity index (χ3v) is 3.15. The number of rotatable bonds is 2. The van der Waals surface area contributed by atoms with Crippen molar-refractivity contribution in [1.82, 2.24) is 4.98 Å². The van der Waals surface area contributed by atoms with Gasteiger partial charge in [-0.1, -0.05) is 0 Å². The van der Waals surface area contributed by atoms with Crippen LogP contribution in [0.15, 0.2) is 18.3 Å². The Hall–Kier alpha value is -0.690. The molecule has 1 aromatic heterocycles. The zero-order valence-electron chi connectivity index (χ0n) is 8.78. The molecule has 16 heavy (non-hydrogen) atoms. The van der Waals surface area contributed by atoms with Crippen molar-refractivity contribution in [3.8, 4) is 0 Å². The number of ether oxygens (including phenoxy) is 1. The van der Waals surface area contributed by atoms with E-state index in [0.717, 1.165) is 23.0 Å². The van der Waals surface area contributed by atoms with Gasteiger partial charge < -0.3 is 10.1 Å². The second-order valence-corrected chi connectivity index (χ2v) is 5.01. The van der Waals surface area contributed by atoms with Gasteiger partial charge in [-0.3, -0.25) is 4.79 Å². The van der Waals surface area contributed by atoms with Gasteiger partial charge in [0, 0.05) is 16.4 Å². The summed E-state index contributed by atoms with van der Waals surface area (Å²) in [5, 5.41) is 2.81. The number of hydrogen-bond acceptors (Lipinski definition) is 3. The molecule has 1 atom stereocenters. The van der Waals surface area contributed by atoms with Gasteiger partial charge in [-0.05, 0) is 47.6 Å². The molecule has 5 heteroatoms. The van der Waals surface area contributed by atoms with E-state index in [2.05, 4.69) is 32.9 Å². The van der Waals surface area contributed by atoms with E-state index >= 15 is 0 Å². The summed E-state index contributed by atoms with van der Waals surface area (Å²) in [6, 6.07) is 3.73. The van der Waals surface area contributed by atoms with Crippen molar-refractivity contribution in [2.75, 3.05) is 18.5 Å². The molecule has 4 nitrogen and oxygen atoms in total. The first-order chi connectivity index (χ1) is 7.75. The zero-order chi connectivity index (χ0) is 11.4. The molecule has 0 spiro atoms. The fourth-order valence-corrected chi connectivity index (χ4v) is 1.94. The molecule has 0 bridgehead atoms. The quantitative estimate of drug-likeness (QED) is 0.844. The SMILES string of the molecule is O=C(Nc1ccc(I)cn1)C1CCCOC1. The first-order valence-corrected chi connectivity index (χ1v) is 6.34. The van der Waals surface area contributed by atoms with Gasteiger partial charge in [0.1, 0.15) is 5.82 Å². The van der Waals surface area contributed by atoms with Gasteiger partial charge in [0.05, 0.1) is 12.5 Å². The number of pyridine rings is 1. The summed E-state index contributed by atoms with van der Waals surface area (Å²) in [6.45, 7) is 1.29. The lowest BCUT2D eigenvalue weighted by Crippen LogP contribution is -2.30. The van der Waals surface area contributed by atoms with E-state index in [4.69, 9.17) is 4.74 Å². The molecule has 86 valence electrons. The smallest absolute Gasteiger partial charge is 0.230 e. The number of nitrogens with one attached hydrogen (secondary N) is 1. The predicted octanol–water partition coefficient (Wildman–Crippen LogP) is 2.05. The minimum atomic E-state index is -0.0326. The van der Waals surface area contributed by atoms with Gasteiger partial charge in [0.2, 0.25) is 5.91 Å². The van der Waals surface area contributed by atoms with Crippen LogP contribution in [0.3, 0.4) is 0 Å². The number of amides is 1. The van der Waals surface area contributed by atoms with Crippen LogP contribution in [0.4, 0.5) is 5.82 Å². The van der Waals surface area contributed by atoms with Crippen molar-refractivity contribution in [2.45, 2.75) is 12.8 Å². The maximum absolute atomic E-state index is 11.8. The van der Waals surface area contributed by atoms with Crippen LogP contribution in [-0.2, 0) is 9.53 Å². The number of carbonyl (C=O) groups excluding carboxylic acids is 1. The van der Waals surface area contributed by atoms with Crippen LogP contribution in [0, 0.1) is 9.49 Å². The van der Waals surface area contributed by atoms with Crippen LogP contribution in [0.2, 0.25) is 0 Å². The summed E-state index contributed by atoms with van der Waals surface area (Å²) in [6.07, 6.45) is 3.59. The van der Waals surface area contributed by atoms with Crippen molar-refractivity contribution < 1.29 is 9.53 Å². The van der Waals surface area contributed by atoms with Gasteiger partial charge in [-0.15, -0.1) is 0 Å². The highest BCUT2D eigenvalue weighted by Gasteiger charge is 2.21.